The van der Waals surface area contributed by atoms with Crippen molar-refractivity contribution in [3.05, 3.63) is 36.0 Å². The van der Waals surface area contributed by atoms with Gasteiger partial charge in [0.15, 0.2) is 0 Å². The Kier molecular flexibility index (Phi) is 5.63. The lowest BCUT2D eigenvalue weighted by Crippen LogP contribution is -2.32. The first-order valence-electron chi connectivity index (χ1n) is 8.94. The van der Waals surface area contributed by atoms with Gasteiger partial charge in [-0.1, -0.05) is 0 Å². The van der Waals surface area contributed by atoms with Crippen LogP contribution in [0.15, 0.2) is 24.7 Å². The molecule has 1 aliphatic rings. The second-order valence-corrected chi connectivity index (χ2v) is 6.78. The lowest BCUT2D eigenvalue weighted by Gasteiger charge is -2.20. The van der Waals surface area contributed by atoms with E-state index < -0.39 is 0 Å². The van der Waals surface area contributed by atoms with Crippen LogP contribution in [0.3, 0.4) is 0 Å². The van der Waals surface area contributed by atoms with Gasteiger partial charge in [0.05, 0.1) is 23.8 Å². The molecule has 134 valence electrons. The zero-order valence-electron chi connectivity index (χ0n) is 14.8. The third-order valence-electron chi connectivity index (χ3n) is 4.75. The summed E-state index contributed by atoms with van der Waals surface area (Å²) in [6.07, 6.45) is 9.88. The minimum absolute atomic E-state index is 0.223. The smallest absolute Gasteiger partial charge is 0.224 e. The van der Waals surface area contributed by atoms with Crippen LogP contribution in [0.2, 0.25) is 0 Å². The van der Waals surface area contributed by atoms with E-state index in [-0.39, 0.29) is 5.91 Å². The Balaban J connectivity index is 1.47. The van der Waals surface area contributed by atoms with Gasteiger partial charge in [0, 0.05) is 32.3 Å². The van der Waals surface area contributed by atoms with Crippen molar-refractivity contribution in [3.63, 3.8) is 0 Å². The van der Waals surface area contributed by atoms with Crippen LogP contribution in [-0.2, 0) is 17.8 Å². The topological polar surface area (TPSA) is 89.9 Å². The van der Waals surface area contributed by atoms with E-state index >= 15 is 0 Å². The Morgan fingerprint density at radius 3 is 2.88 bits per heavy atom. The number of nitrogens with two attached hydrogens (primary N) is 1. The first kappa shape index (κ1) is 17.4. The Hall–Kier alpha value is -2.44. The second kappa shape index (κ2) is 8.09. The van der Waals surface area contributed by atoms with Gasteiger partial charge < -0.3 is 10.6 Å². The molecule has 0 unspecified atom stereocenters. The van der Waals surface area contributed by atoms with Gasteiger partial charge in [-0.3, -0.25) is 14.5 Å². The van der Waals surface area contributed by atoms with E-state index in [1.165, 1.54) is 0 Å². The highest BCUT2D eigenvalue weighted by molar-refractivity contribution is 5.76. The van der Waals surface area contributed by atoms with Crippen molar-refractivity contribution in [1.29, 1.82) is 0 Å². The summed E-state index contributed by atoms with van der Waals surface area (Å²) in [5, 5.41) is 4.34. The van der Waals surface area contributed by atoms with Crippen molar-refractivity contribution in [1.82, 2.24) is 24.6 Å². The quantitative estimate of drug-likeness (QED) is 0.895. The van der Waals surface area contributed by atoms with Crippen LogP contribution >= 0.6 is 0 Å². The van der Waals surface area contributed by atoms with Crippen molar-refractivity contribution in [2.75, 3.05) is 18.8 Å². The van der Waals surface area contributed by atoms with Crippen molar-refractivity contribution in [2.45, 2.75) is 45.6 Å². The molecule has 3 rings (SSSR count). The maximum Gasteiger partial charge on any atom is 0.224 e. The number of nitrogens with zero attached hydrogens (tertiary/aromatic N) is 5. The summed E-state index contributed by atoms with van der Waals surface area (Å²) in [4.78, 5) is 22.9. The SMILES string of the molecule is Cc1ccn(CCC(=O)N2CCC[C@H](Cc3cnc(N)cn3)CC2)n1. The summed E-state index contributed by atoms with van der Waals surface area (Å²) in [5.41, 5.74) is 7.55. The minimum Gasteiger partial charge on any atom is -0.382 e. The molecular weight excluding hydrogens is 316 g/mol. The molecule has 7 heteroatoms. The summed E-state index contributed by atoms with van der Waals surface area (Å²) in [6.45, 7) is 4.28. The van der Waals surface area contributed by atoms with E-state index in [0.29, 0.717) is 24.7 Å². The highest BCUT2D eigenvalue weighted by Crippen LogP contribution is 2.21. The highest BCUT2D eigenvalue weighted by atomic mass is 16.2. The fourth-order valence-corrected chi connectivity index (χ4v) is 3.34. The number of aromatic nitrogens is 4. The van der Waals surface area contributed by atoms with Crippen molar-refractivity contribution >= 4 is 11.7 Å². The summed E-state index contributed by atoms with van der Waals surface area (Å²) in [5.74, 6) is 1.22. The van der Waals surface area contributed by atoms with E-state index in [4.69, 9.17) is 5.73 Å². The van der Waals surface area contributed by atoms with E-state index in [1.807, 2.05) is 28.8 Å². The van der Waals surface area contributed by atoms with Crippen LogP contribution in [-0.4, -0.2) is 43.6 Å². The lowest BCUT2D eigenvalue weighted by atomic mass is 9.95. The molecule has 0 bridgehead atoms. The molecule has 3 heterocycles. The number of carbonyl (C=O) groups excluding carboxylic acids is 1. The molecular formula is C18H26N6O. The number of nitrogen functional groups attached to an aromatic ring is 1. The van der Waals surface area contributed by atoms with Gasteiger partial charge in [-0.15, -0.1) is 0 Å². The van der Waals surface area contributed by atoms with Crippen LogP contribution in [0.1, 0.15) is 37.1 Å². The zero-order valence-corrected chi connectivity index (χ0v) is 14.8. The molecule has 0 spiro atoms. The fraction of sp³-hybridized carbons (Fsp3) is 0.556. The minimum atomic E-state index is 0.223. The second-order valence-electron chi connectivity index (χ2n) is 6.78. The molecule has 1 atom stereocenters. The van der Waals surface area contributed by atoms with E-state index in [0.717, 1.165) is 50.2 Å². The first-order chi connectivity index (χ1) is 12.1. The number of amides is 1. The molecule has 0 saturated carbocycles. The molecule has 1 fully saturated rings. The molecule has 25 heavy (non-hydrogen) atoms. The first-order valence-corrected chi connectivity index (χ1v) is 8.94. The summed E-state index contributed by atoms with van der Waals surface area (Å²) in [7, 11) is 0. The molecule has 2 N–H and O–H groups in total. The van der Waals surface area contributed by atoms with Gasteiger partial charge in [0.1, 0.15) is 5.82 Å². The normalized spacial score (nSPS) is 18.1. The standard InChI is InChI=1S/C18H26N6O/c1-14-4-9-24(22-14)10-6-18(25)23-7-2-3-15(5-8-23)11-16-12-21-17(19)13-20-16/h4,9,12-13,15H,2-3,5-8,10-11H2,1H3,(H2,19,21)/t15-/m0/s1. The Morgan fingerprint density at radius 2 is 2.16 bits per heavy atom. The lowest BCUT2D eigenvalue weighted by molar-refractivity contribution is -0.131. The summed E-state index contributed by atoms with van der Waals surface area (Å²) in [6, 6.07) is 1.96. The number of anilines is 1. The van der Waals surface area contributed by atoms with Crippen LogP contribution < -0.4 is 5.73 Å². The monoisotopic (exact) mass is 342 g/mol. The van der Waals surface area contributed by atoms with Gasteiger partial charge in [0.25, 0.3) is 0 Å². The fourth-order valence-electron chi connectivity index (χ4n) is 3.34. The van der Waals surface area contributed by atoms with Crippen LogP contribution in [0, 0.1) is 12.8 Å². The van der Waals surface area contributed by atoms with E-state index in [9.17, 15) is 4.79 Å². The van der Waals surface area contributed by atoms with Crippen LogP contribution in [0.25, 0.3) is 0 Å². The van der Waals surface area contributed by atoms with Crippen molar-refractivity contribution < 1.29 is 4.79 Å². The third kappa shape index (κ3) is 5.01. The Bertz CT molecular complexity index is 696. The van der Waals surface area contributed by atoms with Crippen molar-refractivity contribution in [3.8, 4) is 0 Å². The van der Waals surface area contributed by atoms with Gasteiger partial charge >= 0.3 is 0 Å². The van der Waals surface area contributed by atoms with E-state index in [1.54, 1.807) is 12.4 Å². The Labute approximate surface area is 148 Å². The summed E-state index contributed by atoms with van der Waals surface area (Å²) < 4.78 is 1.84. The van der Waals surface area contributed by atoms with Crippen molar-refractivity contribution in [2.24, 2.45) is 5.92 Å². The maximum absolute atomic E-state index is 12.5. The molecule has 0 aliphatic carbocycles. The molecule has 0 aromatic carbocycles. The highest BCUT2D eigenvalue weighted by Gasteiger charge is 2.21. The largest absolute Gasteiger partial charge is 0.382 e. The molecule has 1 aliphatic heterocycles. The maximum atomic E-state index is 12.5. The molecule has 1 amide bonds. The predicted octanol–water partition coefficient (Wildman–Crippen LogP) is 1.83. The third-order valence-corrected chi connectivity index (χ3v) is 4.75. The molecule has 1 saturated heterocycles. The molecule has 2 aromatic heterocycles. The number of aryl methyl sites for hydroxylation is 2. The number of carbonyl (C=O) groups is 1. The number of hydrogen-bond donors (Lipinski definition) is 1. The van der Waals surface area contributed by atoms with Gasteiger partial charge in [-0.05, 0) is 44.6 Å². The summed E-state index contributed by atoms with van der Waals surface area (Å²) >= 11 is 0. The van der Waals surface area contributed by atoms with Gasteiger partial charge in [-0.2, -0.15) is 5.10 Å². The van der Waals surface area contributed by atoms with Crippen LogP contribution in [0.5, 0.6) is 0 Å². The predicted molar refractivity (Wildman–Crippen MR) is 95.7 cm³/mol. The van der Waals surface area contributed by atoms with Gasteiger partial charge in [0.2, 0.25) is 5.91 Å². The number of hydrogen-bond acceptors (Lipinski definition) is 5. The zero-order chi connectivity index (χ0) is 17.6. The molecule has 7 nitrogen and oxygen atoms in total. The molecule has 0 radical (unpaired) electrons. The number of rotatable bonds is 5. The van der Waals surface area contributed by atoms with E-state index in [2.05, 4.69) is 15.1 Å². The van der Waals surface area contributed by atoms with Crippen LogP contribution in [0.4, 0.5) is 5.82 Å². The van der Waals surface area contributed by atoms with Gasteiger partial charge in [-0.25, -0.2) is 4.98 Å². The Morgan fingerprint density at radius 1 is 1.28 bits per heavy atom. The molecule has 2 aromatic rings. The average molecular weight is 342 g/mol. The average Bonchev–Trinajstić information content (AvgIpc) is 2.88. The number of likely N-dealkylation sites (tertiary alicyclic amines) is 1.